The molecule has 0 saturated heterocycles. The predicted molar refractivity (Wildman–Crippen MR) is 52.1 cm³/mol. The summed E-state index contributed by atoms with van der Waals surface area (Å²) in [5.74, 6) is 0. The summed E-state index contributed by atoms with van der Waals surface area (Å²) < 4.78 is 0. The van der Waals surface area contributed by atoms with Crippen LogP contribution in [0.5, 0.6) is 0 Å². The molecule has 0 atom stereocenters. The highest BCUT2D eigenvalue weighted by atomic mass is 16.4. The maximum Gasteiger partial charge on any atom is 0.412 e. The Balaban J connectivity index is 2.96. The second kappa shape index (κ2) is 3.94. The quantitative estimate of drug-likeness (QED) is 0.758. The molecule has 3 heteroatoms. The van der Waals surface area contributed by atoms with Crippen molar-refractivity contribution in [2.45, 2.75) is 19.9 Å². The van der Waals surface area contributed by atoms with E-state index in [4.69, 9.17) is 5.11 Å². The molecule has 1 rings (SSSR count). The van der Waals surface area contributed by atoms with Crippen molar-refractivity contribution in [3.8, 4) is 0 Å². The molecule has 0 saturated carbocycles. The molecule has 1 amide bonds. The first-order valence-corrected chi connectivity index (χ1v) is 4.20. The lowest BCUT2D eigenvalue weighted by Crippen LogP contribution is -2.35. The Morgan fingerprint density at radius 3 is 2.23 bits per heavy atom. The van der Waals surface area contributed by atoms with E-state index >= 15 is 0 Å². The Morgan fingerprint density at radius 1 is 1.31 bits per heavy atom. The van der Waals surface area contributed by atoms with E-state index in [1.54, 1.807) is 12.1 Å². The molecule has 70 valence electrons. The predicted octanol–water partition coefficient (Wildman–Crippen LogP) is 2.58. The lowest BCUT2D eigenvalue weighted by atomic mass is 10.2. The van der Waals surface area contributed by atoms with Crippen molar-refractivity contribution >= 4 is 11.8 Å². The molecule has 0 aromatic heterocycles. The highest BCUT2D eigenvalue weighted by molar-refractivity contribution is 5.86. The van der Waals surface area contributed by atoms with Gasteiger partial charge in [0.2, 0.25) is 0 Å². The number of rotatable bonds is 2. The number of carboxylic acid groups (broad SMARTS) is 1. The fraction of sp³-hybridized carbons (Fsp3) is 0.300. The molecular formula is C10H13NO2. The maximum absolute atomic E-state index is 10.9. The monoisotopic (exact) mass is 179 g/mol. The molecule has 0 radical (unpaired) electrons. The number of para-hydroxylation sites is 1. The normalized spacial score (nSPS) is 10.1. The molecule has 0 unspecified atom stereocenters. The fourth-order valence-electron chi connectivity index (χ4n) is 1.22. The zero-order chi connectivity index (χ0) is 9.84. The van der Waals surface area contributed by atoms with Gasteiger partial charge in [-0.25, -0.2) is 4.79 Å². The maximum atomic E-state index is 10.9. The number of hydrogen-bond donors (Lipinski definition) is 1. The first-order valence-electron chi connectivity index (χ1n) is 4.20. The van der Waals surface area contributed by atoms with Crippen LogP contribution < -0.4 is 4.90 Å². The van der Waals surface area contributed by atoms with Crippen LogP contribution in [-0.4, -0.2) is 17.2 Å². The number of carbonyl (C=O) groups is 1. The first kappa shape index (κ1) is 9.58. The van der Waals surface area contributed by atoms with E-state index in [0.717, 1.165) is 0 Å². The van der Waals surface area contributed by atoms with Crippen molar-refractivity contribution in [2.24, 2.45) is 0 Å². The molecule has 13 heavy (non-hydrogen) atoms. The molecular weight excluding hydrogens is 166 g/mol. The third-order valence-electron chi connectivity index (χ3n) is 1.76. The SMILES string of the molecule is CC(C)N(C(=O)O)c1ccccc1. The average molecular weight is 179 g/mol. The molecule has 0 aliphatic carbocycles. The molecule has 0 spiro atoms. The van der Waals surface area contributed by atoms with Crippen LogP contribution in [0.4, 0.5) is 10.5 Å². The number of anilines is 1. The summed E-state index contributed by atoms with van der Waals surface area (Å²) in [6.45, 7) is 3.70. The first-order chi connectivity index (χ1) is 6.13. The zero-order valence-corrected chi connectivity index (χ0v) is 7.77. The molecule has 0 heterocycles. The molecule has 0 aliphatic rings. The van der Waals surface area contributed by atoms with Crippen LogP contribution in [0.1, 0.15) is 13.8 Å². The minimum absolute atomic E-state index is 0.0418. The van der Waals surface area contributed by atoms with Gasteiger partial charge in [-0.05, 0) is 26.0 Å². The number of amides is 1. The summed E-state index contributed by atoms with van der Waals surface area (Å²) in [6, 6.07) is 9.05. The second-order valence-corrected chi connectivity index (χ2v) is 3.08. The van der Waals surface area contributed by atoms with Gasteiger partial charge in [0.05, 0.1) is 0 Å². The molecule has 0 fully saturated rings. The van der Waals surface area contributed by atoms with E-state index in [2.05, 4.69) is 0 Å². The standard InChI is InChI=1S/C10H13NO2/c1-8(2)11(10(12)13)9-6-4-3-5-7-9/h3-8H,1-2H3,(H,12,13). The van der Waals surface area contributed by atoms with E-state index in [-0.39, 0.29) is 6.04 Å². The summed E-state index contributed by atoms with van der Waals surface area (Å²) in [5, 5.41) is 8.92. The minimum atomic E-state index is -0.916. The van der Waals surface area contributed by atoms with Crippen molar-refractivity contribution in [1.82, 2.24) is 0 Å². The Kier molecular flexibility index (Phi) is 2.90. The van der Waals surface area contributed by atoms with Crippen molar-refractivity contribution in [1.29, 1.82) is 0 Å². The van der Waals surface area contributed by atoms with Gasteiger partial charge < -0.3 is 5.11 Å². The topological polar surface area (TPSA) is 40.5 Å². The number of nitrogens with zero attached hydrogens (tertiary/aromatic N) is 1. The summed E-state index contributed by atoms with van der Waals surface area (Å²) in [7, 11) is 0. The minimum Gasteiger partial charge on any atom is -0.465 e. The van der Waals surface area contributed by atoms with Crippen LogP contribution in [0.15, 0.2) is 30.3 Å². The molecule has 0 aliphatic heterocycles. The van der Waals surface area contributed by atoms with Crippen LogP contribution >= 0.6 is 0 Å². The lowest BCUT2D eigenvalue weighted by molar-refractivity contribution is 0.200. The summed E-state index contributed by atoms with van der Waals surface area (Å²) >= 11 is 0. The second-order valence-electron chi connectivity index (χ2n) is 3.08. The van der Waals surface area contributed by atoms with Gasteiger partial charge in [-0.1, -0.05) is 18.2 Å². The van der Waals surface area contributed by atoms with Crippen LogP contribution in [0.25, 0.3) is 0 Å². The van der Waals surface area contributed by atoms with E-state index in [0.29, 0.717) is 5.69 Å². The third-order valence-corrected chi connectivity index (χ3v) is 1.76. The van der Waals surface area contributed by atoms with Crippen LogP contribution in [0.3, 0.4) is 0 Å². The van der Waals surface area contributed by atoms with Crippen LogP contribution in [0.2, 0.25) is 0 Å². The Bertz CT molecular complexity index is 282. The van der Waals surface area contributed by atoms with E-state index in [9.17, 15) is 4.79 Å². The van der Waals surface area contributed by atoms with Crippen molar-refractivity contribution in [2.75, 3.05) is 4.90 Å². The van der Waals surface area contributed by atoms with Crippen LogP contribution in [-0.2, 0) is 0 Å². The zero-order valence-electron chi connectivity index (χ0n) is 7.77. The van der Waals surface area contributed by atoms with Gasteiger partial charge in [0.15, 0.2) is 0 Å². The Hall–Kier alpha value is -1.51. The van der Waals surface area contributed by atoms with Crippen molar-refractivity contribution in [3.63, 3.8) is 0 Å². The summed E-state index contributed by atoms with van der Waals surface area (Å²) in [5.41, 5.74) is 0.713. The van der Waals surface area contributed by atoms with Crippen molar-refractivity contribution in [3.05, 3.63) is 30.3 Å². The van der Waals surface area contributed by atoms with Gasteiger partial charge in [-0.15, -0.1) is 0 Å². The van der Waals surface area contributed by atoms with E-state index in [1.165, 1.54) is 4.90 Å². The van der Waals surface area contributed by atoms with E-state index < -0.39 is 6.09 Å². The number of hydrogen-bond acceptors (Lipinski definition) is 1. The molecule has 0 bridgehead atoms. The smallest absolute Gasteiger partial charge is 0.412 e. The molecule has 1 aromatic carbocycles. The Morgan fingerprint density at radius 2 is 1.85 bits per heavy atom. The lowest BCUT2D eigenvalue weighted by Gasteiger charge is -2.23. The van der Waals surface area contributed by atoms with Gasteiger partial charge in [-0.2, -0.15) is 0 Å². The highest BCUT2D eigenvalue weighted by Gasteiger charge is 2.16. The third kappa shape index (κ3) is 2.21. The molecule has 3 nitrogen and oxygen atoms in total. The fourth-order valence-corrected chi connectivity index (χ4v) is 1.22. The largest absolute Gasteiger partial charge is 0.465 e. The van der Waals surface area contributed by atoms with Gasteiger partial charge in [0.25, 0.3) is 0 Å². The van der Waals surface area contributed by atoms with Gasteiger partial charge >= 0.3 is 6.09 Å². The van der Waals surface area contributed by atoms with Gasteiger partial charge in [-0.3, -0.25) is 4.90 Å². The highest BCUT2D eigenvalue weighted by Crippen LogP contribution is 2.15. The van der Waals surface area contributed by atoms with E-state index in [1.807, 2.05) is 32.0 Å². The Labute approximate surface area is 77.6 Å². The average Bonchev–Trinajstić information content (AvgIpc) is 2.04. The van der Waals surface area contributed by atoms with Gasteiger partial charge in [0, 0.05) is 11.7 Å². The summed E-state index contributed by atoms with van der Waals surface area (Å²) in [4.78, 5) is 12.2. The number of benzene rings is 1. The molecule has 1 aromatic rings. The molecule has 1 N–H and O–H groups in total. The van der Waals surface area contributed by atoms with Crippen LogP contribution in [0, 0.1) is 0 Å². The van der Waals surface area contributed by atoms with Crippen molar-refractivity contribution < 1.29 is 9.90 Å². The summed E-state index contributed by atoms with van der Waals surface area (Å²) in [6.07, 6.45) is -0.916. The van der Waals surface area contributed by atoms with Gasteiger partial charge in [0.1, 0.15) is 0 Å².